The number of aliphatic hydroxyl groups excluding tert-OH is 3. The number of carbonyl (C=O) groups is 3. The fourth-order valence-electron chi connectivity index (χ4n) is 7.92. The van der Waals surface area contributed by atoms with Crippen LogP contribution in [0.3, 0.4) is 0 Å². The van der Waals surface area contributed by atoms with Gasteiger partial charge in [-0.05, 0) is 37.1 Å². The van der Waals surface area contributed by atoms with Gasteiger partial charge in [-0.25, -0.2) is 4.79 Å². The van der Waals surface area contributed by atoms with E-state index < -0.39 is 88.2 Å². The number of hydrogen-bond acceptors (Lipinski definition) is 12. The zero-order chi connectivity index (χ0) is 31.2. The molecule has 1 aromatic heterocycles. The number of ketones is 1. The molecule has 0 amide bonds. The Morgan fingerprint density at radius 3 is 2.33 bits per heavy atom. The first kappa shape index (κ1) is 34.7. The largest absolute Gasteiger partial charge is 0.469 e. The topological polar surface area (TPSA) is 193 Å². The number of furan rings is 1. The fourth-order valence-corrected chi connectivity index (χ4v) is 7.92. The maximum absolute atomic E-state index is 14.2. The summed E-state index contributed by atoms with van der Waals surface area (Å²) in [4.78, 5) is 40.0. The van der Waals surface area contributed by atoms with Crippen LogP contribution in [-0.2, 0) is 28.6 Å². The number of hydrogen-bond donors (Lipinski definition) is 5. The van der Waals surface area contributed by atoms with Gasteiger partial charge in [-0.1, -0.05) is 20.8 Å². The van der Waals surface area contributed by atoms with Crippen LogP contribution in [0.4, 0.5) is 0 Å². The predicted molar refractivity (Wildman–Crippen MR) is 143 cm³/mol. The molecule has 235 valence electrons. The maximum atomic E-state index is 14.2. The molecule has 3 fully saturated rings. The second-order valence-electron chi connectivity index (χ2n) is 13.1. The van der Waals surface area contributed by atoms with Crippen molar-refractivity contribution in [2.45, 2.75) is 108 Å². The first-order chi connectivity index (χ1) is 19.4. The summed E-state index contributed by atoms with van der Waals surface area (Å²) in [7, 11) is 0. The Morgan fingerprint density at radius 2 is 1.79 bits per heavy atom. The number of Topliss-reactive ketones (excluding diaryl/α,β-unsaturated/α-hetero) is 1. The van der Waals surface area contributed by atoms with Crippen molar-refractivity contribution < 1.29 is 103 Å². The summed E-state index contributed by atoms with van der Waals surface area (Å²) in [5, 5.41) is 58.3. The molecule has 43 heavy (non-hydrogen) atoms. The van der Waals surface area contributed by atoms with Crippen molar-refractivity contribution >= 4 is 17.7 Å². The van der Waals surface area contributed by atoms with Crippen molar-refractivity contribution in [3.8, 4) is 0 Å². The van der Waals surface area contributed by atoms with E-state index in [9.17, 15) is 39.9 Å². The number of rotatable bonds is 5. The number of fused-ring (bicyclic) bond motifs is 5. The molecule has 0 aromatic carbocycles. The van der Waals surface area contributed by atoms with Crippen molar-refractivity contribution in [1.82, 2.24) is 0 Å². The molecule has 2 bridgehead atoms. The molecular formula is C30H40AcO12. The minimum atomic E-state index is -2.14. The summed E-state index contributed by atoms with van der Waals surface area (Å²) >= 11 is 0. The third-order valence-electron chi connectivity index (χ3n) is 10.6. The van der Waals surface area contributed by atoms with Gasteiger partial charge in [0.15, 0.2) is 11.9 Å². The molecule has 13 heteroatoms. The average Bonchev–Trinajstić information content (AvgIpc) is 3.45. The van der Waals surface area contributed by atoms with E-state index in [1.54, 1.807) is 39.8 Å². The first-order valence-electron chi connectivity index (χ1n) is 14.2. The summed E-state index contributed by atoms with van der Waals surface area (Å²) in [6.07, 6.45) is -7.78. The standard InChI is InChI=1S/C30H40O12.Ac/c1-13-17(42-26(36)21(33)14(2)16-8-7-9-39-16)11-30(38)25(41-15(3)31)23-28(6,18(32)10-19-29(23,37)12-40-19)24(35)22(34)20(13)27(30,4)5;/h7-9,14,17-19,21-23,25,32-34,37-38H,10-12H2,1-6H3;/t14-,17-,18-,19+,21+,22+,23-,25-,28+,29-,30+;/m0./s1. The molecular weight excluding hydrogens is 779 g/mol. The zero-order valence-corrected chi connectivity index (χ0v) is 29.9. The van der Waals surface area contributed by atoms with Crippen molar-refractivity contribution in [2.75, 3.05) is 6.61 Å². The SMILES string of the molecule is CC(=O)O[C@H]1[C@@H]2[C@]3(O)CO[C@@H]3C[C@H](O)[C@@]2(C)C(=O)[C@H](O)C2=C(C)[C@@H](OC(=O)[C@H](O)[C@@H](C)c3ccco3)C[C@]1(O)C2(C)C.[Ac]. The molecule has 1 aromatic rings. The van der Waals surface area contributed by atoms with Crippen LogP contribution in [0.15, 0.2) is 34.0 Å². The molecule has 1 aliphatic heterocycles. The van der Waals surface area contributed by atoms with Crippen LogP contribution >= 0.6 is 0 Å². The summed E-state index contributed by atoms with van der Waals surface area (Å²) in [6, 6.07) is 3.21. The molecule has 2 saturated carbocycles. The quantitative estimate of drug-likeness (QED) is 0.205. The average molecular weight is 820 g/mol. The number of ether oxygens (including phenoxy) is 3. The molecule has 11 atom stereocenters. The van der Waals surface area contributed by atoms with E-state index >= 15 is 0 Å². The number of carbonyl (C=O) groups excluding carboxylic acids is 3. The van der Waals surface area contributed by atoms with E-state index in [0.29, 0.717) is 5.76 Å². The Labute approximate surface area is 285 Å². The van der Waals surface area contributed by atoms with E-state index in [0.717, 1.165) is 6.92 Å². The number of esters is 2. The smallest absolute Gasteiger partial charge is 0.336 e. The fraction of sp³-hybridized carbons (Fsp3) is 0.700. The van der Waals surface area contributed by atoms with Gasteiger partial charge in [-0.15, -0.1) is 0 Å². The van der Waals surface area contributed by atoms with Gasteiger partial charge in [0.2, 0.25) is 0 Å². The van der Waals surface area contributed by atoms with Gasteiger partial charge in [-0.3, -0.25) is 9.59 Å². The first-order valence-corrected chi connectivity index (χ1v) is 14.2. The summed E-state index contributed by atoms with van der Waals surface area (Å²) in [5.74, 6) is -4.51. The monoisotopic (exact) mass is 819 g/mol. The molecule has 2 heterocycles. The van der Waals surface area contributed by atoms with E-state index in [2.05, 4.69) is 0 Å². The zero-order valence-electron chi connectivity index (χ0n) is 25.1. The summed E-state index contributed by atoms with van der Waals surface area (Å²) in [6.45, 7) is 8.54. The Hall–Kier alpha value is -1.17. The molecule has 12 nitrogen and oxygen atoms in total. The predicted octanol–water partition coefficient (Wildman–Crippen LogP) is 0.526. The van der Waals surface area contributed by atoms with Gasteiger partial charge >= 0.3 is 11.9 Å². The molecule has 0 unspecified atom stereocenters. The Bertz CT molecular complexity index is 1310. The van der Waals surface area contributed by atoms with Crippen LogP contribution in [0.25, 0.3) is 0 Å². The molecule has 4 aliphatic rings. The normalized spacial score (nSPS) is 41.2. The van der Waals surface area contributed by atoms with Crippen LogP contribution in [0.5, 0.6) is 0 Å². The summed E-state index contributed by atoms with van der Waals surface area (Å²) < 4.78 is 22.3. The van der Waals surface area contributed by atoms with Crippen molar-refractivity contribution in [3.63, 3.8) is 0 Å². The van der Waals surface area contributed by atoms with E-state index in [4.69, 9.17) is 18.6 Å². The van der Waals surface area contributed by atoms with Crippen LogP contribution in [0.2, 0.25) is 0 Å². The minimum Gasteiger partial charge on any atom is -0.469 e. The summed E-state index contributed by atoms with van der Waals surface area (Å²) in [5.41, 5.74) is -6.94. The molecule has 1 saturated heterocycles. The third-order valence-corrected chi connectivity index (χ3v) is 10.6. The minimum absolute atomic E-state index is 0. The molecule has 5 rings (SSSR count). The van der Waals surface area contributed by atoms with Gasteiger partial charge in [0, 0.05) is 75.2 Å². The second-order valence-corrected chi connectivity index (χ2v) is 13.1. The van der Waals surface area contributed by atoms with Gasteiger partial charge in [0.1, 0.15) is 35.3 Å². The van der Waals surface area contributed by atoms with E-state index in [1.807, 2.05) is 0 Å². The molecule has 3 aliphatic carbocycles. The Kier molecular flexibility index (Phi) is 9.34. The number of aliphatic hydroxyl groups is 5. The molecule has 1 radical (unpaired) electrons. The second kappa shape index (κ2) is 11.6. The van der Waals surface area contributed by atoms with Crippen molar-refractivity contribution in [1.29, 1.82) is 0 Å². The van der Waals surface area contributed by atoms with Crippen LogP contribution in [0.1, 0.15) is 66.1 Å². The van der Waals surface area contributed by atoms with Gasteiger partial charge in [0.05, 0.1) is 36.4 Å². The van der Waals surface area contributed by atoms with Gasteiger partial charge in [-0.2, -0.15) is 0 Å². The maximum Gasteiger partial charge on any atom is 0.336 e. The third kappa shape index (κ3) is 4.92. The van der Waals surface area contributed by atoms with Crippen LogP contribution < -0.4 is 0 Å². The van der Waals surface area contributed by atoms with E-state index in [1.165, 1.54) is 13.2 Å². The molecule has 0 spiro atoms. The Balaban J connectivity index is 0.00000423. The van der Waals surface area contributed by atoms with Gasteiger partial charge in [0.25, 0.3) is 0 Å². The van der Waals surface area contributed by atoms with Gasteiger partial charge < -0.3 is 44.2 Å². The van der Waals surface area contributed by atoms with Crippen molar-refractivity contribution in [2.24, 2.45) is 16.7 Å². The van der Waals surface area contributed by atoms with E-state index in [-0.39, 0.29) is 74.7 Å². The van der Waals surface area contributed by atoms with Crippen molar-refractivity contribution in [3.05, 3.63) is 35.3 Å². The van der Waals surface area contributed by atoms with Crippen LogP contribution in [-0.4, -0.2) is 97.7 Å². The van der Waals surface area contributed by atoms with Crippen LogP contribution in [0, 0.1) is 60.8 Å². The Morgan fingerprint density at radius 1 is 1.14 bits per heavy atom. The molecule has 5 N–H and O–H groups in total.